The molecule has 0 spiro atoms. The highest BCUT2D eigenvalue weighted by molar-refractivity contribution is 6.06. The average molecular weight is 815 g/mol. The van der Waals surface area contributed by atoms with Gasteiger partial charge in [0.05, 0.1) is 14.2 Å². The Hall–Kier alpha value is -7.37. The van der Waals surface area contributed by atoms with Crippen LogP contribution in [-0.4, -0.2) is 116 Å². The molecule has 60 heavy (non-hydrogen) atoms. The smallest absolute Gasteiger partial charge is 0.255 e. The van der Waals surface area contributed by atoms with E-state index >= 15 is 0 Å². The molecule has 0 radical (unpaired) electrons. The minimum absolute atomic E-state index is 0.181. The Bertz CT molecular complexity index is 2550. The van der Waals surface area contributed by atoms with E-state index in [0.29, 0.717) is 98.7 Å². The van der Waals surface area contributed by atoms with E-state index in [4.69, 9.17) is 24.0 Å². The van der Waals surface area contributed by atoms with Crippen molar-refractivity contribution in [3.05, 3.63) is 108 Å². The van der Waals surface area contributed by atoms with Crippen LogP contribution in [0, 0.1) is 0 Å². The van der Waals surface area contributed by atoms with E-state index in [0.717, 1.165) is 6.54 Å². The van der Waals surface area contributed by atoms with E-state index in [9.17, 15) is 14.4 Å². The second-order valence-corrected chi connectivity index (χ2v) is 14.0. The van der Waals surface area contributed by atoms with Crippen molar-refractivity contribution in [2.24, 2.45) is 0 Å². The standard InChI is InChI=1S/C26H27N5O5.C17H19N5O2/c1-31(2)11-10-28-24(32)17-12-18(26-30-23-21(36-26)6-5-9-27-23)14-19(13-17)29-25(33)16-7-8-20(34-3)22(15-16)35-4;1-22(2)7-6-20-16(23)11-8-12(10-13(18)9-11)17-21-15-14(24-17)4-3-5-19-15/h5-9,12-15H,10-11H2,1-4H3,(H,28,32)(H,29,33);3-5,8-10H,6-7,18H2,1-2H3,(H,20,23). The minimum atomic E-state index is -0.383. The van der Waals surface area contributed by atoms with Crippen molar-refractivity contribution < 1.29 is 32.7 Å². The Morgan fingerprint density at radius 1 is 0.633 bits per heavy atom. The van der Waals surface area contributed by atoms with Gasteiger partial charge >= 0.3 is 0 Å². The van der Waals surface area contributed by atoms with Gasteiger partial charge in [0.15, 0.2) is 34.0 Å². The van der Waals surface area contributed by atoms with Gasteiger partial charge in [0.1, 0.15) is 0 Å². The molecular weight excluding hydrogens is 769 g/mol. The summed E-state index contributed by atoms with van der Waals surface area (Å²) in [7, 11) is 10.8. The zero-order valence-corrected chi connectivity index (χ0v) is 34.1. The molecule has 17 heteroatoms. The number of hydrogen-bond donors (Lipinski definition) is 4. The van der Waals surface area contributed by atoms with Crippen molar-refractivity contribution in [3.63, 3.8) is 0 Å². The number of nitrogens with two attached hydrogens (primary N) is 1. The van der Waals surface area contributed by atoms with Crippen LogP contribution in [0.3, 0.4) is 0 Å². The maximum absolute atomic E-state index is 13.0. The molecule has 0 saturated heterocycles. The number of anilines is 2. The number of nitrogen functional groups attached to an aromatic ring is 1. The number of methoxy groups -OCH3 is 2. The van der Waals surface area contributed by atoms with E-state index in [1.165, 1.54) is 14.2 Å². The molecule has 5 N–H and O–H groups in total. The van der Waals surface area contributed by atoms with Gasteiger partial charge in [-0.3, -0.25) is 14.4 Å². The number of fused-ring (bicyclic) bond motifs is 2. The first-order chi connectivity index (χ1) is 28.9. The number of aromatic nitrogens is 4. The number of rotatable bonds is 14. The van der Waals surface area contributed by atoms with E-state index in [1.54, 1.807) is 91.3 Å². The first-order valence-corrected chi connectivity index (χ1v) is 18.8. The maximum atomic E-state index is 13.0. The van der Waals surface area contributed by atoms with Crippen LogP contribution in [0.25, 0.3) is 45.4 Å². The van der Waals surface area contributed by atoms with Crippen LogP contribution in [0.1, 0.15) is 31.1 Å². The number of amides is 3. The van der Waals surface area contributed by atoms with Crippen LogP contribution in [0.2, 0.25) is 0 Å². The van der Waals surface area contributed by atoms with E-state index in [-0.39, 0.29) is 23.6 Å². The summed E-state index contributed by atoms with van der Waals surface area (Å²) in [6, 6.07) is 22.0. The zero-order chi connectivity index (χ0) is 42.8. The molecule has 7 aromatic rings. The molecule has 3 aromatic carbocycles. The topological polar surface area (TPSA) is 216 Å². The first-order valence-electron chi connectivity index (χ1n) is 18.8. The number of carbonyl (C=O) groups is 3. The quantitative estimate of drug-likeness (QED) is 0.104. The Balaban J connectivity index is 0.000000218. The van der Waals surface area contributed by atoms with Crippen molar-refractivity contribution in [1.29, 1.82) is 0 Å². The lowest BCUT2D eigenvalue weighted by Crippen LogP contribution is -2.31. The Morgan fingerprint density at radius 3 is 1.68 bits per heavy atom. The summed E-state index contributed by atoms with van der Waals surface area (Å²) < 4.78 is 22.1. The maximum Gasteiger partial charge on any atom is 0.255 e. The number of nitrogens with one attached hydrogen (secondary N) is 3. The van der Waals surface area contributed by atoms with Gasteiger partial charge < -0.3 is 49.8 Å². The van der Waals surface area contributed by atoms with Crippen molar-refractivity contribution in [3.8, 4) is 34.4 Å². The molecule has 0 aliphatic heterocycles. The number of oxazole rings is 2. The molecule has 0 atom stereocenters. The number of nitrogens with zero attached hydrogens (tertiary/aromatic N) is 6. The molecule has 3 amide bonds. The average Bonchev–Trinajstić information content (AvgIpc) is 3.88. The fourth-order valence-corrected chi connectivity index (χ4v) is 5.82. The molecule has 0 aliphatic rings. The third-order valence-electron chi connectivity index (χ3n) is 8.83. The second-order valence-electron chi connectivity index (χ2n) is 14.0. The van der Waals surface area contributed by atoms with Gasteiger partial charge in [0.25, 0.3) is 17.7 Å². The van der Waals surface area contributed by atoms with E-state index in [1.807, 2.05) is 38.0 Å². The molecule has 4 heterocycles. The normalized spacial score (nSPS) is 11.0. The van der Waals surface area contributed by atoms with Gasteiger partial charge in [-0.15, -0.1) is 0 Å². The van der Waals surface area contributed by atoms with Gasteiger partial charge in [-0.1, -0.05) is 0 Å². The molecule has 0 unspecified atom stereocenters. The van der Waals surface area contributed by atoms with Crippen LogP contribution in [0.4, 0.5) is 11.4 Å². The van der Waals surface area contributed by atoms with Crippen LogP contribution >= 0.6 is 0 Å². The molecule has 0 bridgehead atoms. The lowest BCUT2D eigenvalue weighted by Gasteiger charge is -2.13. The monoisotopic (exact) mass is 814 g/mol. The number of benzene rings is 3. The summed E-state index contributed by atoms with van der Waals surface area (Å²) in [5.41, 5.74) is 11.2. The second kappa shape index (κ2) is 19.4. The predicted molar refractivity (Wildman–Crippen MR) is 228 cm³/mol. The lowest BCUT2D eigenvalue weighted by atomic mass is 10.1. The van der Waals surface area contributed by atoms with Crippen molar-refractivity contribution in [2.45, 2.75) is 0 Å². The Labute approximate surface area is 345 Å². The number of hydrogen-bond acceptors (Lipinski definition) is 14. The summed E-state index contributed by atoms with van der Waals surface area (Å²) >= 11 is 0. The van der Waals surface area contributed by atoms with E-state index in [2.05, 4.69) is 35.9 Å². The number of ether oxygens (including phenoxy) is 2. The van der Waals surface area contributed by atoms with Gasteiger partial charge in [-0.25, -0.2) is 9.97 Å². The zero-order valence-electron chi connectivity index (χ0n) is 34.1. The van der Waals surface area contributed by atoms with Crippen LogP contribution < -0.4 is 31.2 Å². The van der Waals surface area contributed by atoms with Crippen molar-refractivity contribution in [1.82, 2.24) is 40.4 Å². The molecule has 0 fully saturated rings. The van der Waals surface area contributed by atoms with Gasteiger partial charge in [0.2, 0.25) is 11.8 Å². The highest BCUT2D eigenvalue weighted by Crippen LogP contribution is 2.30. The molecule has 7 rings (SSSR count). The van der Waals surface area contributed by atoms with Crippen molar-refractivity contribution in [2.75, 3.05) is 79.6 Å². The minimum Gasteiger partial charge on any atom is -0.493 e. The molecule has 17 nitrogen and oxygen atoms in total. The third kappa shape index (κ3) is 10.8. The summed E-state index contributed by atoms with van der Waals surface area (Å²) in [4.78, 5) is 59.3. The largest absolute Gasteiger partial charge is 0.493 e. The predicted octanol–water partition coefficient (Wildman–Crippen LogP) is 5.21. The van der Waals surface area contributed by atoms with Crippen LogP contribution in [-0.2, 0) is 0 Å². The molecule has 310 valence electrons. The molecule has 4 aromatic heterocycles. The van der Waals surface area contributed by atoms with Gasteiger partial charge in [0, 0.05) is 77.8 Å². The Kier molecular flexibility index (Phi) is 13.6. The third-order valence-corrected chi connectivity index (χ3v) is 8.83. The number of likely N-dealkylation sites (N-methyl/N-ethyl adjacent to an activating group) is 2. The van der Waals surface area contributed by atoms with Gasteiger partial charge in [-0.2, -0.15) is 9.97 Å². The van der Waals surface area contributed by atoms with Crippen LogP contribution in [0.15, 0.2) is 100 Å². The summed E-state index contributed by atoms with van der Waals surface area (Å²) in [6.07, 6.45) is 3.27. The SMILES string of the molecule is CN(C)CCNC(=O)c1cc(N)cc(-c2nc3ncccc3o2)c1.COc1ccc(C(=O)Nc2cc(C(=O)NCCN(C)C)cc(-c3nc4ncccc4o3)c2)cc1OC. The molecule has 0 aliphatic carbocycles. The highest BCUT2D eigenvalue weighted by Gasteiger charge is 2.18. The highest BCUT2D eigenvalue weighted by atomic mass is 16.5. The van der Waals surface area contributed by atoms with Crippen LogP contribution in [0.5, 0.6) is 11.5 Å². The Morgan fingerprint density at radius 2 is 1.17 bits per heavy atom. The lowest BCUT2D eigenvalue weighted by molar-refractivity contribution is 0.0943. The fourth-order valence-electron chi connectivity index (χ4n) is 5.82. The molecular formula is C43H46N10O7. The molecule has 0 saturated carbocycles. The summed E-state index contributed by atoms with van der Waals surface area (Å²) in [5.74, 6) is 0.767. The summed E-state index contributed by atoms with van der Waals surface area (Å²) in [6.45, 7) is 2.47. The van der Waals surface area contributed by atoms with E-state index < -0.39 is 0 Å². The summed E-state index contributed by atoms with van der Waals surface area (Å²) in [5, 5.41) is 8.60. The van der Waals surface area contributed by atoms with Crippen molar-refractivity contribution >= 4 is 51.6 Å². The first kappa shape index (κ1) is 42.2. The van der Waals surface area contributed by atoms with Gasteiger partial charge in [-0.05, 0) is 107 Å². The fraction of sp³-hybridized carbons (Fsp3) is 0.233. The number of carbonyl (C=O) groups excluding carboxylic acids is 3. The number of pyridine rings is 2.